The third-order valence-corrected chi connectivity index (χ3v) is 2.99. The number of carbonyl (C=O) groups is 1. The second-order valence-electron chi connectivity index (χ2n) is 4.24. The van der Waals surface area contributed by atoms with Crippen LogP contribution in [-0.2, 0) is 0 Å². The van der Waals surface area contributed by atoms with Gasteiger partial charge in [0.15, 0.2) is 0 Å². The number of para-hydroxylation sites is 1. The van der Waals surface area contributed by atoms with Gasteiger partial charge in [-0.05, 0) is 18.2 Å². The second-order valence-corrected chi connectivity index (χ2v) is 4.24. The van der Waals surface area contributed by atoms with Crippen LogP contribution in [0.1, 0.15) is 10.4 Å². The Balaban J connectivity index is 2.25. The van der Waals surface area contributed by atoms with Crippen LogP contribution in [0.3, 0.4) is 0 Å². The summed E-state index contributed by atoms with van der Waals surface area (Å²) >= 11 is 0. The molecule has 2 aromatic carbocycles. The molecular weight excluding hydrogens is 240 g/mol. The lowest BCUT2D eigenvalue weighted by molar-refractivity contribution is 0.100. The van der Waals surface area contributed by atoms with Gasteiger partial charge >= 0.3 is 0 Å². The van der Waals surface area contributed by atoms with Crippen molar-refractivity contribution < 1.29 is 4.79 Å². The molecule has 1 amide bonds. The summed E-state index contributed by atoms with van der Waals surface area (Å²) < 4.78 is 0. The number of benzene rings is 2. The molecule has 0 radical (unpaired) electrons. The fourth-order valence-electron chi connectivity index (χ4n) is 2.09. The minimum Gasteiger partial charge on any atom is -0.397 e. The Morgan fingerprint density at radius 1 is 1.11 bits per heavy atom. The lowest BCUT2D eigenvalue weighted by atomic mass is 10.1. The monoisotopic (exact) mass is 252 g/mol. The van der Waals surface area contributed by atoms with Crippen molar-refractivity contribution in [2.24, 2.45) is 5.73 Å². The number of nitrogens with two attached hydrogens (primary N) is 2. The highest BCUT2D eigenvalue weighted by molar-refractivity contribution is 6.00. The summed E-state index contributed by atoms with van der Waals surface area (Å²) in [7, 11) is 0. The summed E-state index contributed by atoms with van der Waals surface area (Å²) in [6.07, 6.45) is 0. The first-order chi connectivity index (χ1) is 9.16. The van der Waals surface area contributed by atoms with E-state index in [-0.39, 0.29) is 0 Å². The van der Waals surface area contributed by atoms with Crippen molar-refractivity contribution in [2.45, 2.75) is 0 Å². The Morgan fingerprint density at radius 2 is 1.89 bits per heavy atom. The number of primary amides is 1. The molecule has 0 atom stereocenters. The first-order valence-corrected chi connectivity index (χ1v) is 5.80. The highest BCUT2D eigenvalue weighted by Gasteiger charge is 2.13. The van der Waals surface area contributed by atoms with Gasteiger partial charge in [0, 0.05) is 5.56 Å². The van der Waals surface area contributed by atoms with Crippen molar-refractivity contribution >= 4 is 22.6 Å². The molecule has 0 fully saturated rings. The van der Waals surface area contributed by atoms with Crippen molar-refractivity contribution in [1.82, 2.24) is 9.97 Å². The first-order valence-electron chi connectivity index (χ1n) is 5.80. The molecule has 19 heavy (non-hydrogen) atoms. The number of carbonyl (C=O) groups excluding carboxylic acids is 1. The third kappa shape index (κ3) is 1.81. The number of imidazole rings is 1. The Bertz CT molecular complexity index is 776. The number of nitrogen functional groups attached to an aromatic ring is 1. The number of nitrogens with one attached hydrogen (secondary N) is 1. The molecule has 0 aliphatic carbocycles. The molecule has 1 heterocycles. The minimum absolute atomic E-state index is 0.431. The molecular formula is C14H12N4O. The van der Waals surface area contributed by atoms with Crippen LogP contribution in [0.5, 0.6) is 0 Å². The summed E-state index contributed by atoms with van der Waals surface area (Å²) in [6.45, 7) is 0. The number of anilines is 1. The fourth-order valence-corrected chi connectivity index (χ4v) is 2.09. The van der Waals surface area contributed by atoms with Crippen LogP contribution in [0.2, 0.25) is 0 Å². The van der Waals surface area contributed by atoms with Crippen LogP contribution in [0.15, 0.2) is 42.5 Å². The number of hydrogen-bond donors (Lipinski definition) is 3. The van der Waals surface area contributed by atoms with E-state index in [1.807, 2.05) is 18.2 Å². The summed E-state index contributed by atoms with van der Waals surface area (Å²) in [4.78, 5) is 19.0. The molecule has 5 nitrogen and oxygen atoms in total. The summed E-state index contributed by atoms with van der Waals surface area (Å²) in [5, 5.41) is 0. The van der Waals surface area contributed by atoms with Crippen LogP contribution >= 0.6 is 0 Å². The van der Waals surface area contributed by atoms with Crippen LogP contribution in [0.25, 0.3) is 22.4 Å². The maximum absolute atomic E-state index is 11.4. The number of nitrogens with zero attached hydrogens (tertiary/aromatic N) is 1. The van der Waals surface area contributed by atoms with E-state index in [9.17, 15) is 4.79 Å². The van der Waals surface area contributed by atoms with E-state index < -0.39 is 5.91 Å². The highest BCUT2D eigenvalue weighted by atomic mass is 16.1. The van der Waals surface area contributed by atoms with E-state index in [2.05, 4.69) is 9.97 Å². The average molecular weight is 252 g/mol. The standard InChI is InChI=1S/C14H12N4O/c15-10-6-3-7-11-12(10)18-14(17-11)9-5-2-1-4-8(9)13(16)19/h1-7H,15H2,(H2,16,19)(H,17,18). The highest BCUT2D eigenvalue weighted by Crippen LogP contribution is 2.26. The van der Waals surface area contributed by atoms with Crippen molar-refractivity contribution in [3.63, 3.8) is 0 Å². The van der Waals surface area contributed by atoms with Gasteiger partial charge in [0.1, 0.15) is 11.3 Å². The van der Waals surface area contributed by atoms with Crippen LogP contribution < -0.4 is 11.5 Å². The number of aromatic amines is 1. The van der Waals surface area contributed by atoms with Crippen LogP contribution in [-0.4, -0.2) is 15.9 Å². The molecule has 0 bridgehead atoms. The maximum Gasteiger partial charge on any atom is 0.249 e. The van der Waals surface area contributed by atoms with E-state index in [0.29, 0.717) is 28.2 Å². The van der Waals surface area contributed by atoms with Gasteiger partial charge < -0.3 is 16.5 Å². The number of rotatable bonds is 2. The number of hydrogen-bond acceptors (Lipinski definition) is 3. The van der Waals surface area contributed by atoms with Gasteiger partial charge in [0.2, 0.25) is 5.91 Å². The third-order valence-electron chi connectivity index (χ3n) is 2.99. The zero-order valence-electron chi connectivity index (χ0n) is 10.1. The number of H-pyrrole nitrogens is 1. The van der Waals surface area contributed by atoms with Crippen LogP contribution in [0.4, 0.5) is 5.69 Å². The molecule has 0 spiro atoms. The largest absolute Gasteiger partial charge is 0.397 e. The minimum atomic E-state index is -0.482. The Kier molecular flexibility index (Phi) is 2.45. The predicted octanol–water partition coefficient (Wildman–Crippen LogP) is 1.91. The molecule has 1 aromatic heterocycles. The van der Waals surface area contributed by atoms with Gasteiger partial charge in [0.25, 0.3) is 0 Å². The molecule has 94 valence electrons. The van der Waals surface area contributed by atoms with Gasteiger partial charge in [0.05, 0.1) is 16.8 Å². The van der Waals surface area contributed by atoms with Gasteiger partial charge in [-0.15, -0.1) is 0 Å². The zero-order valence-corrected chi connectivity index (χ0v) is 10.1. The smallest absolute Gasteiger partial charge is 0.249 e. The first kappa shape index (κ1) is 11.3. The summed E-state index contributed by atoms with van der Waals surface area (Å²) in [6, 6.07) is 12.6. The maximum atomic E-state index is 11.4. The Morgan fingerprint density at radius 3 is 2.63 bits per heavy atom. The molecule has 3 rings (SSSR count). The van der Waals surface area contributed by atoms with Crippen molar-refractivity contribution in [3.05, 3.63) is 48.0 Å². The molecule has 0 unspecified atom stereocenters. The topological polar surface area (TPSA) is 97.8 Å². The van der Waals surface area contributed by atoms with Gasteiger partial charge in [-0.1, -0.05) is 24.3 Å². The molecule has 5 heteroatoms. The Labute approximate surface area is 109 Å². The summed E-state index contributed by atoms with van der Waals surface area (Å²) in [5.41, 5.74) is 14.5. The second kappa shape index (κ2) is 4.13. The molecule has 5 N–H and O–H groups in total. The van der Waals surface area contributed by atoms with E-state index in [0.717, 1.165) is 5.52 Å². The number of amides is 1. The fraction of sp³-hybridized carbons (Fsp3) is 0. The van der Waals surface area contributed by atoms with Gasteiger partial charge in [-0.25, -0.2) is 4.98 Å². The van der Waals surface area contributed by atoms with E-state index in [1.165, 1.54) is 0 Å². The zero-order chi connectivity index (χ0) is 13.4. The Hall–Kier alpha value is -2.82. The molecule has 0 aliphatic rings. The van der Waals surface area contributed by atoms with E-state index in [4.69, 9.17) is 11.5 Å². The van der Waals surface area contributed by atoms with Gasteiger partial charge in [-0.3, -0.25) is 4.79 Å². The van der Waals surface area contributed by atoms with E-state index >= 15 is 0 Å². The van der Waals surface area contributed by atoms with E-state index in [1.54, 1.807) is 24.3 Å². The SMILES string of the molecule is NC(=O)c1ccccc1-c1nc2c(N)cccc2[nH]1. The normalized spacial score (nSPS) is 10.7. The number of aromatic nitrogens is 2. The number of fused-ring (bicyclic) bond motifs is 1. The van der Waals surface area contributed by atoms with Crippen molar-refractivity contribution in [3.8, 4) is 11.4 Å². The molecule has 0 aliphatic heterocycles. The van der Waals surface area contributed by atoms with Crippen LogP contribution in [0, 0.1) is 0 Å². The van der Waals surface area contributed by atoms with Crippen molar-refractivity contribution in [1.29, 1.82) is 0 Å². The molecule has 0 saturated heterocycles. The van der Waals surface area contributed by atoms with Crippen molar-refractivity contribution in [2.75, 3.05) is 5.73 Å². The average Bonchev–Trinajstić information content (AvgIpc) is 2.84. The lowest BCUT2D eigenvalue weighted by Crippen LogP contribution is -2.12. The lowest BCUT2D eigenvalue weighted by Gasteiger charge is -2.02. The summed E-state index contributed by atoms with van der Waals surface area (Å²) in [5.74, 6) is 0.103. The molecule has 3 aromatic rings. The van der Waals surface area contributed by atoms with Gasteiger partial charge in [-0.2, -0.15) is 0 Å². The quantitative estimate of drug-likeness (QED) is 0.607. The molecule has 0 saturated carbocycles. The predicted molar refractivity (Wildman–Crippen MR) is 74.5 cm³/mol.